The average Bonchev–Trinajstić information content (AvgIpc) is 2.40. The SMILES string of the molecule is COc1ccc(CN2CCC[C@H](C)[C@@H]2CN)cc1. The Kier molecular flexibility index (Phi) is 4.61. The number of likely N-dealkylation sites (tertiary alicyclic amines) is 1. The summed E-state index contributed by atoms with van der Waals surface area (Å²) in [5, 5.41) is 0. The van der Waals surface area contributed by atoms with Gasteiger partial charge in [-0.15, -0.1) is 0 Å². The maximum Gasteiger partial charge on any atom is 0.118 e. The van der Waals surface area contributed by atoms with Crippen LogP contribution < -0.4 is 10.5 Å². The molecule has 1 aromatic rings. The Morgan fingerprint density at radius 2 is 2.06 bits per heavy atom. The monoisotopic (exact) mass is 248 g/mol. The van der Waals surface area contributed by atoms with Crippen molar-refractivity contribution in [2.75, 3.05) is 20.2 Å². The van der Waals surface area contributed by atoms with Gasteiger partial charge >= 0.3 is 0 Å². The number of nitrogens with two attached hydrogens (primary N) is 1. The van der Waals surface area contributed by atoms with Crippen LogP contribution in [-0.2, 0) is 6.54 Å². The van der Waals surface area contributed by atoms with E-state index in [1.807, 2.05) is 12.1 Å². The minimum absolute atomic E-state index is 0.529. The summed E-state index contributed by atoms with van der Waals surface area (Å²) < 4.78 is 5.18. The fraction of sp³-hybridized carbons (Fsp3) is 0.600. The minimum Gasteiger partial charge on any atom is -0.497 e. The zero-order valence-corrected chi connectivity index (χ0v) is 11.4. The lowest BCUT2D eigenvalue weighted by molar-refractivity contribution is 0.0991. The van der Waals surface area contributed by atoms with E-state index in [0.29, 0.717) is 12.0 Å². The fourth-order valence-corrected chi connectivity index (χ4v) is 2.88. The molecule has 0 aromatic heterocycles. The van der Waals surface area contributed by atoms with Crippen molar-refractivity contribution < 1.29 is 4.74 Å². The first-order chi connectivity index (χ1) is 8.74. The predicted molar refractivity (Wildman–Crippen MR) is 74.6 cm³/mol. The van der Waals surface area contributed by atoms with Gasteiger partial charge in [0.25, 0.3) is 0 Å². The Hall–Kier alpha value is -1.06. The third kappa shape index (κ3) is 3.03. The molecule has 2 atom stereocenters. The molecule has 2 N–H and O–H groups in total. The summed E-state index contributed by atoms with van der Waals surface area (Å²) in [6, 6.07) is 8.87. The van der Waals surface area contributed by atoms with Gasteiger partial charge < -0.3 is 10.5 Å². The van der Waals surface area contributed by atoms with Crippen molar-refractivity contribution in [3.8, 4) is 5.75 Å². The molecule has 0 radical (unpaired) electrons. The van der Waals surface area contributed by atoms with E-state index < -0.39 is 0 Å². The molecule has 0 saturated carbocycles. The molecule has 0 spiro atoms. The molecular formula is C15H24N2O. The zero-order chi connectivity index (χ0) is 13.0. The van der Waals surface area contributed by atoms with Gasteiger partial charge in [-0.25, -0.2) is 0 Å². The number of piperidine rings is 1. The first-order valence-corrected chi connectivity index (χ1v) is 6.81. The summed E-state index contributed by atoms with van der Waals surface area (Å²) >= 11 is 0. The highest BCUT2D eigenvalue weighted by Gasteiger charge is 2.26. The summed E-state index contributed by atoms with van der Waals surface area (Å²) in [6.45, 7) is 5.24. The minimum atomic E-state index is 0.529. The molecule has 1 fully saturated rings. The summed E-state index contributed by atoms with van der Waals surface area (Å²) in [5.41, 5.74) is 7.26. The van der Waals surface area contributed by atoms with E-state index in [4.69, 9.17) is 10.5 Å². The first kappa shape index (κ1) is 13.4. The van der Waals surface area contributed by atoms with Crippen molar-refractivity contribution in [2.24, 2.45) is 11.7 Å². The molecule has 0 aliphatic carbocycles. The number of hydrogen-bond donors (Lipinski definition) is 1. The Balaban J connectivity index is 2.02. The lowest BCUT2D eigenvalue weighted by Gasteiger charge is -2.39. The Morgan fingerprint density at radius 1 is 1.33 bits per heavy atom. The van der Waals surface area contributed by atoms with Crippen molar-refractivity contribution >= 4 is 0 Å². The molecule has 1 aliphatic rings. The van der Waals surface area contributed by atoms with Gasteiger partial charge in [0.15, 0.2) is 0 Å². The van der Waals surface area contributed by atoms with Gasteiger partial charge in [-0.05, 0) is 43.0 Å². The number of ether oxygens (including phenoxy) is 1. The second-order valence-electron chi connectivity index (χ2n) is 5.24. The van der Waals surface area contributed by atoms with Crippen molar-refractivity contribution in [3.63, 3.8) is 0 Å². The van der Waals surface area contributed by atoms with E-state index in [1.165, 1.54) is 18.4 Å². The average molecular weight is 248 g/mol. The summed E-state index contributed by atoms with van der Waals surface area (Å²) in [4.78, 5) is 2.52. The molecule has 0 amide bonds. The van der Waals surface area contributed by atoms with Crippen LogP contribution in [0.15, 0.2) is 24.3 Å². The van der Waals surface area contributed by atoms with Crippen LogP contribution in [0.3, 0.4) is 0 Å². The molecule has 2 rings (SSSR count). The lowest BCUT2D eigenvalue weighted by atomic mass is 9.90. The molecule has 0 unspecified atom stereocenters. The highest BCUT2D eigenvalue weighted by Crippen LogP contribution is 2.24. The fourth-order valence-electron chi connectivity index (χ4n) is 2.88. The van der Waals surface area contributed by atoms with Crippen LogP contribution in [0.2, 0.25) is 0 Å². The number of methoxy groups -OCH3 is 1. The van der Waals surface area contributed by atoms with E-state index in [1.54, 1.807) is 7.11 Å². The Morgan fingerprint density at radius 3 is 2.67 bits per heavy atom. The van der Waals surface area contributed by atoms with Crippen molar-refractivity contribution in [1.29, 1.82) is 0 Å². The molecule has 1 aromatic carbocycles. The lowest BCUT2D eigenvalue weighted by Crippen LogP contribution is -2.47. The third-order valence-electron chi connectivity index (χ3n) is 4.02. The van der Waals surface area contributed by atoms with Gasteiger partial charge in [0.2, 0.25) is 0 Å². The van der Waals surface area contributed by atoms with Gasteiger partial charge in [0.1, 0.15) is 5.75 Å². The Bertz CT molecular complexity index is 363. The second kappa shape index (κ2) is 6.21. The maximum absolute atomic E-state index is 5.92. The van der Waals surface area contributed by atoms with Crippen LogP contribution in [0.5, 0.6) is 5.75 Å². The molecule has 3 nitrogen and oxygen atoms in total. The molecule has 100 valence electrons. The zero-order valence-electron chi connectivity index (χ0n) is 11.4. The largest absolute Gasteiger partial charge is 0.497 e. The highest BCUT2D eigenvalue weighted by atomic mass is 16.5. The standard InChI is InChI=1S/C15H24N2O/c1-12-4-3-9-17(15(12)10-16)11-13-5-7-14(18-2)8-6-13/h5-8,12,15H,3-4,9-11,16H2,1-2H3/t12-,15-/m0/s1. The third-order valence-corrected chi connectivity index (χ3v) is 4.02. The predicted octanol–water partition coefficient (Wildman–Crippen LogP) is 2.25. The van der Waals surface area contributed by atoms with Crippen molar-refractivity contribution in [3.05, 3.63) is 29.8 Å². The maximum atomic E-state index is 5.92. The van der Waals surface area contributed by atoms with Gasteiger partial charge in [-0.1, -0.05) is 19.1 Å². The molecule has 1 heterocycles. The molecule has 0 bridgehead atoms. The van der Waals surface area contributed by atoms with Gasteiger partial charge in [0.05, 0.1) is 7.11 Å². The van der Waals surface area contributed by atoms with Crippen LogP contribution in [0, 0.1) is 5.92 Å². The topological polar surface area (TPSA) is 38.5 Å². The van der Waals surface area contributed by atoms with Crippen LogP contribution in [-0.4, -0.2) is 31.1 Å². The second-order valence-corrected chi connectivity index (χ2v) is 5.24. The summed E-state index contributed by atoms with van der Waals surface area (Å²) in [5.74, 6) is 1.63. The van der Waals surface area contributed by atoms with Crippen LogP contribution in [0.1, 0.15) is 25.3 Å². The van der Waals surface area contributed by atoms with E-state index in [-0.39, 0.29) is 0 Å². The van der Waals surface area contributed by atoms with E-state index in [2.05, 4.69) is 24.0 Å². The highest BCUT2D eigenvalue weighted by molar-refractivity contribution is 5.27. The Labute approximate surface area is 110 Å². The van der Waals surface area contributed by atoms with E-state index in [0.717, 1.165) is 25.4 Å². The molecule has 18 heavy (non-hydrogen) atoms. The first-order valence-electron chi connectivity index (χ1n) is 6.81. The number of benzene rings is 1. The van der Waals surface area contributed by atoms with Crippen LogP contribution >= 0.6 is 0 Å². The quantitative estimate of drug-likeness (QED) is 0.888. The van der Waals surface area contributed by atoms with Gasteiger partial charge in [-0.3, -0.25) is 4.90 Å². The smallest absolute Gasteiger partial charge is 0.118 e. The van der Waals surface area contributed by atoms with Gasteiger partial charge in [0, 0.05) is 19.1 Å². The molecule has 1 aliphatic heterocycles. The molecule has 3 heteroatoms. The number of rotatable bonds is 4. The van der Waals surface area contributed by atoms with Gasteiger partial charge in [-0.2, -0.15) is 0 Å². The number of hydrogen-bond acceptors (Lipinski definition) is 3. The molecule has 1 saturated heterocycles. The van der Waals surface area contributed by atoms with Crippen LogP contribution in [0.4, 0.5) is 0 Å². The summed E-state index contributed by atoms with van der Waals surface area (Å²) in [7, 11) is 1.70. The normalized spacial score (nSPS) is 25.1. The molecular weight excluding hydrogens is 224 g/mol. The number of nitrogens with zero attached hydrogens (tertiary/aromatic N) is 1. The van der Waals surface area contributed by atoms with Crippen molar-refractivity contribution in [2.45, 2.75) is 32.4 Å². The summed E-state index contributed by atoms with van der Waals surface area (Å²) in [6.07, 6.45) is 2.59. The van der Waals surface area contributed by atoms with Crippen molar-refractivity contribution in [1.82, 2.24) is 4.90 Å². The van der Waals surface area contributed by atoms with E-state index in [9.17, 15) is 0 Å². The van der Waals surface area contributed by atoms with Crippen LogP contribution in [0.25, 0.3) is 0 Å². The van der Waals surface area contributed by atoms with E-state index >= 15 is 0 Å².